The van der Waals surface area contributed by atoms with E-state index < -0.39 is 5.97 Å². The zero-order valence-corrected chi connectivity index (χ0v) is 11.9. The second-order valence-corrected chi connectivity index (χ2v) is 5.25. The molecular formula is C16H17N3O2. The van der Waals surface area contributed by atoms with Crippen LogP contribution in [0.2, 0.25) is 0 Å². The highest BCUT2D eigenvalue weighted by Gasteiger charge is 2.17. The van der Waals surface area contributed by atoms with Crippen LogP contribution in [-0.4, -0.2) is 25.8 Å². The monoisotopic (exact) mass is 283 g/mol. The third-order valence-corrected chi connectivity index (χ3v) is 3.81. The van der Waals surface area contributed by atoms with Crippen molar-refractivity contribution >= 4 is 18.1 Å². The Morgan fingerprint density at radius 3 is 2.95 bits per heavy atom. The summed E-state index contributed by atoms with van der Waals surface area (Å²) in [6.07, 6.45) is 9.85. The molecule has 0 spiro atoms. The van der Waals surface area contributed by atoms with E-state index in [1.54, 1.807) is 6.07 Å². The Morgan fingerprint density at radius 2 is 2.14 bits per heavy atom. The van der Waals surface area contributed by atoms with Gasteiger partial charge in [0.1, 0.15) is 0 Å². The number of rotatable bonds is 3. The van der Waals surface area contributed by atoms with Crippen molar-refractivity contribution in [3.05, 3.63) is 46.5 Å². The quantitative estimate of drug-likeness (QED) is 0.940. The van der Waals surface area contributed by atoms with Crippen LogP contribution >= 0.6 is 0 Å². The normalized spacial score (nSPS) is 14.3. The Labute approximate surface area is 122 Å². The largest absolute Gasteiger partial charge is 0.478 e. The van der Waals surface area contributed by atoms with Gasteiger partial charge in [-0.2, -0.15) is 5.10 Å². The molecule has 1 aliphatic rings. The Balaban J connectivity index is 1.91. The maximum atomic E-state index is 11.0. The van der Waals surface area contributed by atoms with Crippen LogP contribution in [0.4, 0.5) is 0 Å². The summed E-state index contributed by atoms with van der Waals surface area (Å²) in [5.41, 5.74) is 4.48. The number of aryl methyl sites for hydroxylation is 2. The van der Waals surface area contributed by atoms with Crippen LogP contribution in [-0.2, 0) is 19.9 Å². The lowest BCUT2D eigenvalue weighted by atomic mass is 9.96. The number of fused-ring (bicyclic) bond motifs is 1. The van der Waals surface area contributed by atoms with E-state index in [0.29, 0.717) is 5.69 Å². The van der Waals surface area contributed by atoms with Crippen molar-refractivity contribution in [2.75, 3.05) is 0 Å². The van der Waals surface area contributed by atoms with E-state index in [0.717, 1.165) is 18.5 Å². The van der Waals surface area contributed by atoms with Gasteiger partial charge >= 0.3 is 5.97 Å². The van der Waals surface area contributed by atoms with Gasteiger partial charge in [-0.1, -0.05) is 0 Å². The summed E-state index contributed by atoms with van der Waals surface area (Å²) in [6, 6.07) is 3.06. The van der Waals surface area contributed by atoms with Crippen LogP contribution in [0.3, 0.4) is 0 Å². The number of nitrogens with zero attached hydrogens (tertiary/aromatic N) is 3. The Bertz CT molecular complexity index is 716. The van der Waals surface area contributed by atoms with Crippen LogP contribution < -0.4 is 0 Å². The van der Waals surface area contributed by atoms with Gasteiger partial charge in [-0.15, -0.1) is 0 Å². The minimum absolute atomic E-state index is 0.247. The second-order valence-electron chi connectivity index (χ2n) is 5.25. The van der Waals surface area contributed by atoms with Crippen molar-refractivity contribution in [3.63, 3.8) is 0 Å². The van der Waals surface area contributed by atoms with E-state index >= 15 is 0 Å². The molecule has 0 fully saturated rings. The molecule has 0 aromatic carbocycles. The molecule has 108 valence electrons. The van der Waals surface area contributed by atoms with E-state index in [1.807, 2.05) is 23.9 Å². The van der Waals surface area contributed by atoms with Gasteiger partial charge in [0.2, 0.25) is 0 Å². The molecule has 0 atom stereocenters. The van der Waals surface area contributed by atoms with Crippen molar-refractivity contribution in [2.24, 2.45) is 7.05 Å². The Morgan fingerprint density at radius 1 is 1.33 bits per heavy atom. The first-order valence-electron chi connectivity index (χ1n) is 7.07. The molecule has 21 heavy (non-hydrogen) atoms. The average molecular weight is 283 g/mol. The first-order valence-corrected chi connectivity index (χ1v) is 7.07. The summed E-state index contributed by atoms with van der Waals surface area (Å²) in [5, 5.41) is 13.6. The molecular weight excluding hydrogens is 266 g/mol. The topological polar surface area (TPSA) is 68.0 Å². The van der Waals surface area contributed by atoms with E-state index in [-0.39, 0.29) is 5.56 Å². The van der Waals surface area contributed by atoms with Crippen molar-refractivity contribution < 1.29 is 9.90 Å². The summed E-state index contributed by atoms with van der Waals surface area (Å²) in [4.78, 5) is 15.1. The summed E-state index contributed by atoms with van der Waals surface area (Å²) < 4.78 is 1.90. The minimum Gasteiger partial charge on any atom is -0.478 e. The third kappa shape index (κ3) is 2.72. The Hall–Kier alpha value is -2.43. The molecule has 0 radical (unpaired) electrons. The molecule has 2 heterocycles. The van der Waals surface area contributed by atoms with Gasteiger partial charge in [0, 0.05) is 18.8 Å². The fourth-order valence-corrected chi connectivity index (χ4v) is 2.75. The predicted molar refractivity (Wildman–Crippen MR) is 80.0 cm³/mol. The molecule has 3 rings (SSSR count). The van der Waals surface area contributed by atoms with Gasteiger partial charge in [-0.25, -0.2) is 4.79 Å². The zero-order valence-electron chi connectivity index (χ0n) is 11.9. The van der Waals surface area contributed by atoms with Crippen molar-refractivity contribution in [1.82, 2.24) is 14.8 Å². The van der Waals surface area contributed by atoms with Crippen molar-refractivity contribution in [2.45, 2.75) is 25.7 Å². The smallest absolute Gasteiger partial charge is 0.335 e. The molecule has 2 aromatic heterocycles. The number of hydrogen-bond donors (Lipinski definition) is 1. The van der Waals surface area contributed by atoms with Crippen molar-refractivity contribution in [1.29, 1.82) is 0 Å². The van der Waals surface area contributed by atoms with E-state index in [2.05, 4.69) is 10.1 Å². The van der Waals surface area contributed by atoms with Crippen LogP contribution in [0.25, 0.3) is 12.2 Å². The van der Waals surface area contributed by atoms with Gasteiger partial charge in [-0.05, 0) is 50.0 Å². The van der Waals surface area contributed by atoms with Gasteiger partial charge < -0.3 is 5.11 Å². The maximum absolute atomic E-state index is 11.0. The van der Waals surface area contributed by atoms with Crippen LogP contribution in [0, 0.1) is 0 Å². The average Bonchev–Trinajstić information content (AvgIpc) is 2.81. The van der Waals surface area contributed by atoms with E-state index in [4.69, 9.17) is 5.11 Å². The van der Waals surface area contributed by atoms with Crippen LogP contribution in [0.1, 0.15) is 45.8 Å². The summed E-state index contributed by atoms with van der Waals surface area (Å²) in [6.45, 7) is 0. The van der Waals surface area contributed by atoms with E-state index in [1.165, 1.54) is 36.4 Å². The number of carboxylic acids is 1. The van der Waals surface area contributed by atoms with Gasteiger partial charge in [-0.3, -0.25) is 9.67 Å². The number of carboxylic acid groups (broad SMARTS) is 1. The highest BCUT2D eigenvalue weighted by molar-refractivity contribution is 5.88. The second kappa shape index (κ2) is 5.52. The lowest BCUT2D eigenvalue weighted by Gasteiger charge is -2.09. The first kappa shape index (κ1) is 13.5. The molecule has 0 saturated carbocycles. The number of aromatic nitrogens is 3. The molecule has 0 amide bonds. The summed E-state index contributed by atoms with van der Waals surface area (Å²) >= 11 is 0. The molecule has 1 aliphatic carbocycles. The van der Waals surface area contributed by atoms with Gasteiger partial charge in [0.15, 0.2) is 0 Å². The lowest BCUT2D eigenvalue weighted by Crippen LogP contribution is -2.01. The maximum Gasteiger partial charge on any atom is 0.335 e. The van der Waals surface area contributed by atoms with Crippen LogP contribution in [0.5, 0.6) is 0 Å². The lowest BCUT2D eigenvalue weighted by molar-refractivity contribution is 0.0696. The van der Waals surface area contributed by atoms with E-state index in [9.17, 15) is 4.79 Å². The predicted octanol–water partition coefficient (Wildman–Crippen LogP) is 2.56. The molecule has 0 saturated heterocycles. The van der Waals surface area contributed by atoms with Gasteiger partial charge in [0.05, 0.1) is 22.6 Å². The zero-order chi connectivity index (χ0) is 14.8. The minimum atomic E-state index is -0.940. The molecule has 0 unspecified atom stereocenters. The number of carbonyl (C=O) groups is 1. The van der Waals surface area contributed by atoms with Crippen LogP contribution in [0.15, 0.2) is 18.3 Å². The fourth-order valence-electron chi connectivity index (χ4n) is 2.75. The van der Waals surface area contributed by atoms with Gasteiger partial charge in [0.25, 0.3) is 0 Å². The molecule has 5 heteroatoms. The molecule has 0 bridgehead atoms. The molecule has 0 aliphatic heterocycles. The molecule has 1 N–H and O–H groups in total. The highest BCUT2D eigenvalue weighted by Crippen LogP contribution is 2.24. The summed E-state index contributed by atoms with van der Waals surface area (Å²) in [5.74, 6) is -0.940. The molecule has 2 aromatic rings. The standard InChI is InChI=1S/C16H17N3O2/c1-19-15(13-4-2-3-5-14(13)18-19)7-6-12-10-11(16(20)21)8-9-17-12/h6-10H,2-5H2,1H3,(H,20,21). The van der Waals surface area contributed by atoms with Crippen molar-refractivity contribution in [3.8, 4) is 0 Å². The SMILES string of the molecule is Cn1nc2c(c1C=Cc1cc(C(=O)O)ccn1)CCCC2. The number of aromatic carboxylic acids is 1. The third-order valence-electron chi connectivity index (χ3n) is 3.81. The first-order chi connectivity index (χ1) is 10.1. The fraction of sp³-hybridized carbons (Fsp3) is 0.312. The highest BCUT2D eigenvalue weighted by atomic mass is 16.4. The number of pyridine rings is 1. The summed E-state index contributed by atoms with van der Waals surface area (Å²) in [7, 11) is 1.94. The number of hydrogen-bond acceptors (Lipinski definition) is 3. The molecule has 5 nitrogen and oxygen atoms in total. The Kier molecular flexibility index (Phi) is 3.56.